The Morgan fingerprint density at radius 2 is 2.33 bits per heavy atom. The average Bonchev–Trinajstić information content (AvgIpc) is 2.17. The summed E-state index contributed by atoms with van der Waals surface area (Å²) in [6.07, 6.45) is 1.75. The van der Waals surface area contributed by atoms with E-state index in [0.717, 1.165) is 15.7 Å². The summed E-state index contributed by atoms with van der Waals surface area (Å²) >= 11 is 3.40. The molecule has 4 heteroatoms. The summed E-state index contributed by atoms with van der Waals surface area (Å²) in [5, 5.41) is 0. The van der Waals surface area contributed by atoms with Crippen molar-refractivity contribution >= 4 is 21.9 Å². The van der Waals surface area contributed by atoms with Gasteiger partial charge in [-0.1, -0.05) is 0 Å². The number of halogens is 1. The van der Waals surface area contributed by atoms with Crippen LogP contribution in [0.4, 0.5) is 0 Å². The van der Waals surface area contributed by atoms with E-state index in [0.29, 0.717) is 6.61 Å². The average molecular weight is 272 g/mol. The summed E-state index contributed by atoms with van der Waals surface area (Å²) in [6, 6.07) is 1.94. The molecule has 0 fully saturated rings. The molecule has 0 radical (unpaired) electrons. The Morgan fingerprint density at radius 1 is 1.67 bits per heavy atom. The predicted molar refractivity (Wildman–Crippen MR) is 61.7 cm³/mol. The fraction of sp³-hybridized carbons (Fsp3) is 0.455. The summed E-state index contributed by atoms with van der Waals surface area (Å²) in [5.74, 6) is -0.575. The largest absolute Gasteiger partial charge is 0.465 e. The van der Waals surface area contributed by atoms with Crippen LogP contribution in [-0.4, -0.2) is 17.6 Å². The number of pyridine rings is 1. The molecule has 15 heavy (non-hydrogen) atoms. The maximum atomic E-state index is 11.5. The minimum absolute atomic E-state index is 0.241. The molecule has 82 valence electrons. The fourth-order valence-corrected chi connectivity index (χ4v) is 2.05. The van der Waals surface area contributed by atoms with Gasteiger partial charge in [0.2, 0.25) is 0 Å². The van der Waals surface area contributed by atoms with Crippen molar-refractivity contribution in [2.24, 2.45) is 0 Å². The van der Waals surface area contributed by atoms with E-state index in [9.17, 15) is 4.79 Å². The van der Waals surface area contributed by atoms with Gasteiger partial charge >= 0.3 is 5.97 Å². The smallest absolute Gasteiger partial charge is 0.314 e. The van der Waals surface area contributed by atoms with Gasteiger partial charge in [-0.2, -0.15) is 0 Å². The number of rotatable bonds is 3. The number of hydrogen-bond donors (Lipinski definition) is 0. The molecule has 1 unspecified atom stereocenters. The van der Waals surface area contributed by atoms with Gasteiger partial charge in [0.1, 0.15) is 0 Å². The molecule has 1 aromatic rings. The molecular formula is C11H14BrNO2. The van der Waals surface area contributed by atoms with E-state index in [4.69, 9.17) is 4.74 Å². The van der Waals surface area contributed by atoms with E-state index in [1.54, 1.807) is 20.0 Å². The number of ether oxygens (including phenoxy) is 1. The minimum atomic E-state index is -0.333. The number of carbonyl (C=O) groups excluding carboxylic acids is 1. The quantitative estimate of drug-likeness (QED) is 0.794. The first-order valence-electron chi connectivity index (χ1n) is 4.85. The Bertz CT molecular complexity index is 366. The van der Waals surface area contributed by atoms with E-state index in [1.807, 2.05) is 13.0 Å². The number of aromatic nitrogens is 1. The third-order valence-electron chi connectivity index (χ3n) is 2.06. The molecule has 0 saturated carbocycles. The van der Waals surface area contributed by atoms with Gasteiger partial charge in [0, 0.05) is 10.7 Å². The predicted octanol–water partition coefficient (Wildman–Crippen LogP) is 2.82. The number of esters is 1. The van der Waals surface area contributed by atoms with Crippen molar-refractivity contribution in [3.8, 4) is 0 Å². The molecular weight excluding hydrogens is 258 g/mol. The standard InChI is InChI=1S/C11H14BrNO2/c1-4-15-11(14)8(3)10-9(12)5-7(2)6-13-10/h5-6,8H,4H2,1-3H3. The van der Waals surface area contributed by atoms with Crippen LogP contribution < -0.4 is 0 Å². The Hall–Kier alpha value is -0.900. The first kappa shape index (κ1) is 12.2. The lowest BCUT2D eigenvalue weighted by atomic mass is 10.1. The van der Waals surface area contributed by atoms with Crippen LogP contribution in [0.1, 0.15) is 31.0 Å². The number of nitrogens with zero attached hydrogens (tertiary/aromatic N) is 1. The van der Waals surface area contributed by atoms with E-state index in [2.05, 4.69) is 20.9 Å². The summed E-state index contributed by atoms with van der Waals surface area (Å²) in [5.41, 5.74) is 1.78. The summed E-state index contributed by atoms with van der Waals surface area (Å²) in [4.78, 5) is 15.7. The third-order valence-corrected chi connectivity index (χ3v) is 2.69. The molecule has 0 aromatic carbocycles. The molecule has 1 rings (SSSR count). The van der Waals surface area contributed by atoms with Crippen molar-refractivity contribution in [2.45, 2.75) is 26.7 Å². The van der Waals surface area contributed by atoms with Gasteiger partial charge in [0.25, 0.3) is 0 Å². The summed E-state index contributed by atoms with van der Waals surface area (Å²) < 4.78 is 5.79. The molecule has 0 spiro atoms. The van der Waals surface area contributed by atoms with Gasteiger partial charge in [0.05, 0.1) is 18.2 Å². The van der Waals surface area contributed by atoms with Crippen LogP contribution in [-0.2, 0) is 9.53 Å². The Morgan fingerprint density at radius 3 is 2.87 bits per heavy atom. The molecule has 3 nitrogen and oxygen atoms in total. The van der Waals surface area contributed by atoms with Gasteiger partial charge in [-0.25, -0.2) is 0 Å². The van der Waals surface area contributed by atoms with E-state index in [-0.39, 0.29) is 11.9 Å². The van der Waals surface area contributed by atoms with Gasteiger partial charge in [-0.3, -0.25) is 9.78 Å². The van der Waals surface area contributed by atoms with Crippen molar-refractivity contribution in [3.05, 3.63) is 28.0 Å². The highest BCUT2D eigenvalue weighted by atomic mass is 79.9. The zero-order valence-electron chi connectivity index (χ0n) is 9.08. The maximum Gasteiger partial charge on any atom is 0.314 e. The highest BCUT2D eigenvalue weighted by Crippen LogP contribution is 2.24. The third kappa shape index (κ3) is 3.02. The molecule has 1 aromatic heterocycles. The minimum Gasteiger partial charge on any atom is -0.465 e. The lowest BCUT2D eigenvalue weighted by Crippen LogP contribution is -2.14. The lowest BCUT2D eigenvalue weighted by Gasteiger charge is -2.11. The SMILES string of the molecule is CCOC(=O)C(C)c1ncc(C)cc1Br. The van der Waals surface area contributed by atoms with Crippen molar-refractivity contribution in [2.75, 3.05) is 6.61 Å². The molecule has 0 aliphatic rings. The van der Waals surface area contributed by atoms with Crippen LogP contribution in [0.25, 0.3) is 0 Å². The Kier molecular flexibility index (Phi) is 4.27. The molecule has 0 bridgehead atoms. The zero-order valence-corrected chi connectivity index (χ0v) is 10.7. The Labute approximate surface area is 98.0 Å². The summed E-state index contributed by atoms with van der Waals surface area (Å²) in [6.45, 7) is 5.94. The van der Waals surface area contributed by atoms with Gasteiger partial charge in [-0.15, -0.1) is 0 Å². The number of aryl methyl sites for hydroxylation is 1. The molecule has 1 atom stereocenters. The van der Waals surface area contributed by atoms with Crippen LogP contribution in [0.15, 0.2) is 16.7 Å². The van der Waals surface area contributed by atoms with E-state index >= 15 is 0 Å². The van der Waals surface area contributed by atoms with Gasteiger partial charge in [-0.05, 0) is 48.3 Å². The van der Waals surface area contributed by atoms with Crippen LogP contribution in [0.5, 0.6) is 0 Å². The van der Waals surface area contributed by atoms with Crippen molar-refractivity contribution in [1.29, 1.82) is 0 Å². The zero-order chi connectivity index (χ0) is 11.4. The van der Waals surface area contributed by atoms with Crippen LogP contribution in [0.2, 0.25) is 0 Å². The van der Waals surface area contributed by atoms with Gasteiger partial charge < -0.3 is 4.74 Å². The molecule has 0 N–H and O–H groups in total. The lowest BCUT2D eigenvalue weighted by molar-refractivity contribution is -0.144. The highest BCUT2D eigenvalue weighted by molar-refractivity contribution is 9.10. The highest BCUT2D eigenvalue weighted by Gasteiger charge is 2.20. The fourth-order valence-electron chi connectivity index (χ4n) is 1.24. The maximum absolute atomic E-state index is 11.5. The molecule has 0 aliphatic carbocycles. The van der Waals surface area contributed by atoms with Crippen molar-refractivity contribution < 1.29 is 9.53 Å². The normalized spacial score (nSPS) is 12.3. The number of hydrogen-bond acceptors (Lipinski definition) is 3. The van der Waals surface area contributed by atoms with Crippen LogP contribution >= 0.6 is 15.9 Å². The molecule has 0 aliphatic heterocycles. The molecule has 1 heterocycles. The second-order valence-corrected chi connectivity index (χ2v) is 4.21. The van der Waals surface area contributed by atoms with Gasteiger partial charge in [0.15, 0.2) is 0 Å². The van der Waals surface area contributed by atoms with Crippen LogP contribution in [0.3, 0.4) is 0 Å². The van der Waals surface area contributed by atoms with Crippen molar-refractivity contribution in [3.63, 3.8) is 0 Å². The Balaban J connectivity index is 2.91. The molecule has 0 saturated heterocycles. The first-order valence-corrected chi connectivity index (χ1v) is 5.64. The molecule has 0 amide bonds. The summed E-state index contributed by atoms with van der Waals surface area (Å²) in [7, 11) is 0. The second-order valence-electron chi connectivity index (χ2n) is 3.35. The van der Waals surface area contributed by atoms with Crippen molar-refractivity contribution in [1.82, 2.24) is 4.98 Å². The second kappa shape index (κ2) is 5.26. The van der Waals surface area contributed by atoms with E-state index in [1.165, 1.54) is 0 Å². The topological polar surface area (TPSA) is 39.2 Å². The monoisotopic (exact) mass is 271 g/mol. The van der Waals surface area contributed by atoms with E-state index < -0.39 is 0 Å². The first-order chi connectivity index (χ1) is 7.06. The van der Waals surface area contributed by atoms with Crippen LogP contribution in [0, 0.1) is 6.92 Å². The number of carbonyl (C=O) groups is 1.